The minimum atomic E-state index is -0.379. The molecule has 0 aromatic heterocycles. The zero-order valence-corrected chi connectivity index (χ0v) is 10.9. The van der Waals surface area contributed by atoms with Crippen LogP contribution in [0, 0.1) is 11.6 Å². The first-order valence-electron chi connectivity index (χ1n) is 5.29. The van der Waals surface area contributed by atoms with Crippen LogP contribution in [0.4, 0.5) is 8.78 Å². The van der Waals surface area contributed by atoms with E-state index in [9.17, 15) is 13.6 Å². The minimum absolute atomic E-state index is 0.131. The van der Waals surface area contributed by atoms with Gasteiger partial charge in [0.05, 0.1) is 4.47 Å². The van der Waals surface area contributed by atoms with Crippen LogP contribution >= 0.6 is 15.9 Å². The summed E-state index contributed by atoms with van der Waals surface area (Å²) in [6.07, 6.45) is 0.157. The van der Waals surface area contributed by atoms with E-state index in [0.29, 0.717) is 15.6 Å². The summed E-state index contributed by atoms with van der Waals surface area (Å²) in [5.41, 5.74) is 1.15. The molecule has 4 heteroatoms. The van der Waals surface area contributed by atoms with Gasteiger partial charge in [-0.2, -0.15) is 0 Å². The van der Waals surface area contributed by atoms with Crippen LogP contribution in [0.2, 0.25) is 0 Å². The lowest BCUT2D eigenvalue weighted by atomic mass is 10.0. The summed E-state index contributed by atoms with van der Waals surface area (Å²) in [5.74, 6) is -0.877. The predicted octanol–water partition coefficient (Wildman–Crippen LogP) is 4.15. The van der Waals surface area contributed by atoms with Crippen molar-refractivity contribution in [3.8, 4) is 0 Å². The Hall–Kier alpha value is -1.55. The largest absolute Gasteiger partial charge is 0.294 e. The molecule has 0 aliphatic carbocycles. The van der Waals surface area contributed by atoms with Gasteiger partial charge in [-0.05, 0) is 57.9 Å². The van der Waals surface area contributed by atoms with E-state index in [1.54, 1.807) is 12.1 Å². The third-order valence-corrected chi connectivity index (χ3v) is 3.12. The highest BCUT2D eigenvalue weighted by Crippen LogP contribution is 2.18. The first-order valence-corrected chi connectivity index (χ1v) is 6.08. The van der Waals surface area contributed by atoms with Crippen LogP contribution in [0.1, 0.15) is 15.9 Å². The number of benzene rings is 2. The van der Waals surface area contributed by atoms with Gasteiger partial charge < -0.3 is 0 Å². The summed E-state index contributed by atoms with van der Waals surface area (Å²) in [5, 5.41) is 0. The molecule has 92 valence electrons. The summed E-state index contributed by atoms with van der Waals surface area (Å²) in [4.78, 5) is 11.9. The second kappa shape index (κ2) is 5.40. The van der Waals surface area contributed by atoms with Gasteiger partial charge in [0.15, 0.2) is 5.78 Å². The van der Waals surface area contributed by atoms with Gasteiger partial charge in [0.25, 0.3) is 0 Å². The molecule has 0 radical (unpaired) electrons. The number of halogens is 3. The minimum Gasteiger partial charge on any atom is -0.294 e. The van der Waals surface area contributed by atoms with Crippen molar-refractivity contribution in [1.82, 2.24) is 0 Å². The molecule has 0 aliphatic rings. The maximum absolute atomic E-state index is 13.0. The molecular formula is C14H9BrF2O. The maximum atomic E-state index is 13.0. The Bertz CT molecular complexity index is 579. The molecule has 2 aromatic rings. The van der Waals surface area contributed by atoms with Crippen molar-refractivity contribution >= 4 is 21.7 Å². The monoisotopic (exact) mass is 310 g/mol. The van der Waals surface area contributed by atoms with E-state index in [2.05, 4.69) is 15.9 Å². The Labute approximate surface area is 112 Å². The fourth-order valence-electron chi connectivity index (χ4n) is 1.57. The van der Waals surface area contributed by atoms with E-state index in [1.807, 2.05) is 0 Å². The van der Waals surface area contributed by atoms with Gasteiger partial charge in [-0.1, -0.05) is 6.07 Å². The van der Waals surface area contributed by atoms with Gasteiger partial charge in [0, 0.05) is 12.0 Å². The number of hydrogen-bond acceptors (Lipinski definition) is 1. The Kier molecular flexibility index (Phi) is 3.87. The van der Waals surface area contributed by atoms with Gasteiger partial charge in [-0.3, -0.25) is 4.79 Å². The quantitative estimate of drug-likeness (QED) is 0.778. The third-order valence-electron chi connectivity index (χ3n) is 2.51. The molecule has 0 saturated carbocycles. The van der Waals surface area contributed by atoms with Gasteiger partial charge >= 0.3 is 0 Å². The van der Waals surface area contributed by atoms with Gasteiger partial charge in [0.1, 0.15) is 11.6 Å². The van der Waals surface area contributed by atoms with Crippen molar-refractivity contribution in [3.05, 3.63) is 69.7 Å². The lowest BCUT2D eigenvalue weighted by Gasteiger charge is -2.03. The molecule has 0 atom stereocenters. The van der Waals surface area contributed by atoms with Crippen LogP contribution in [0.15, 0.2) is 46.9 Å². The van der Waals surface area contributed by atoms with E-state index in [4.69, 9.17) is 0 Å². The SMILES string of the molecule is O=C(Cc1ccc(F)c(Br)c1)c1ccc(F)cc1. The van der Waals surface area contributed by atoms with Crippen LogP contribution in [0.5, 0.6) is 0 Å². The van der Waals surface area contributed by atoms with Crippen LogP contribution in [0.25, 0.3) is 0 Å². The number of ketones is 1. The standard InChI is InChI=1S/C14H9BrF2O/c15-12-7-9(1-6-13(12)17)8-14(18)10-2-4-11(16)5-3-10/h1-7H,8H2. The second-order valence-electron chi connectivity index (χ2n) is 3.86. The lowest BCUT2D eigenvalue weighted by molar-refractivity contribution is 0.0993. The predicted molar refractivity (Wildman–Crippen MR) is 68.5 cm³/mol. The van der Waals surface area contributed by atoms with Crippen LogP contribution < -0.4 is 0 Å². The average Bonchev–Trinajstić information content (AvgIpc) is 2.34. The molecule has 0 amide bonds. The van der Waals surface area contributed by atoms with Crippen molar-refractivity contribution in [2.75, 3.05) is 0 Å². The molecule has 2 rings (SSSR count). The number of carbonyl (C=O) groups is 1. The molecule has 0 unspecified atom stereocenters. The fourth-order valence-corrected chi connectivity index (χ4v) is 2.00. The van der Waals surface area contributed by atoms with Crippen molar-refractivity contribution in [2.24, 2.45) is 0 Å². The lowest BCUT2D eigenvalue weighted by Crippen LogP contribution is -2.03. The van der Waals surface area contributed by atoms with E-state index >= 15 is 0 Å². The molecule has 1 nitrogen and oxygen atoms in total. The molecule has 0 spiro atoms. The zero-order valence-electron chi connectivity index (χ0n) is 9.29. The summed E-state index contributed by atoms with van der Waals surface area (Å²) < 4.78 is 26.1. The van der Waals surface area contributed by atoms with Gasteiger partial charge in [-0.15, -0.1) is 0 Å². The number of hydrogen-bond donors (Lipinski definition) is 0. The molecule has 0 fully saturated rings. The van der Waals surface area contributed by atoms with E-state index < -0.39 is 0 Å². The van der Waals surface area contributed by atoms with Crippen LogP contribution in [-0.4, -0.2) is 5.78 Å². The van der Waals surface area contributed by atoms with Crippen molar-refractivity contribution in [2.45, 2.75) is 6.42 Å². The summed E-state index contributed by atoms with van der Waals surface area (Å²) >= 11 is 3.07. The number of carbonyl (C=O) groups excluding carboxylic acids is 1. The molecule has 0 saturated heterocycles. The normalized spacial score (nSPS) is 10.4. The van der Waals surface area contributed by atoms with Gasteiger partial charge in [-0.25, -0.2) is 8.78 Å². The Morgan fingerprint density at radius 1 is 1.06 bits per heavy atom. The van der Waals surface area contributed by atoms with Gasteiger partial charge in [0.2, 0.25) is 0 Å². The smallest absolute Gasteiger partial charge is 0.167 e. The summed E-state index contributed by atoms with van der Waals surface area (Å²) in [6, 6.07) is 9.80. The molecule has 0 bridgehead atoms. The number of Topliss-reactive ketones (excluding diaryl/α,β-unsaturated/α-hetero) is 1. The topological polar surface area (TPSA) is 17.1 Å². The molecular weight excluding hydrogens is 302 g/mol. The van der Waals surface area contributed by atoms with Crippen molar-refractivity contribution in [3.63, 3.8) is 0 Å². The molecule has 0 heterocycles. The molecule has 0 aliphatic heterocycles. The fraction of sp³-hybridized carbons (Fsp3) is 0.0714. The highest BCUT2D eigenvalue weighted by molar-refractivity contribution is 9.10. The first-order chi connectivity index (χ1) is 8.56. The average molecular weight is 311 g/mol. The molecule has 2 aromatic carbocycles. The zero-order chi connectivity index (χ0) is 13.1. The Morgan fingerprint density at radius 3 is 2.33 bits per heavy atom. The summed E-state index contributed by atoms with van der Waals surface area (Å²) in [6.45, 7) is 0. The van der Waals surface area contributed by atoms with Crippen LogP contribution in [0.3, 0.4) is 0 Å². The van der Waals surface area contributed by atoms with E-state index in [-0.39, 0.29) is 23.8 Å². The Balaban J connectivity index is 2.16. The molecule has 0 N–H and O–H groups in total. The summed E-state index contributed by atoms with van der Waals surface area (Å²) in [7, 11) is 0. The Morgan fingerprint density at radius 2 is 1.72 bits per heavy atom. The van der Waals surface area contributed by atoms with E-state index in [0.717, 1.165) is 0 Å². The van der Waals surface area contributed by atoms with E-state index in [1.165, 1.54) is 30.3 Å². The third kappa shape index (κ3) is 3.01. The number of rotatable bonds is 3. The highest BCUT2D eigenvalue weighted by atomic mass is 79.9. The maximum Gasteiger partial charge on any atom is 0.167 e. The van der Waals surface area contributed by atoms with Crippen molar-refractivity contribution in [1.29, 1.82) is 0 Å². The highest BCUT2D eigenvalue weighted by Gasteiger charge is 2.08. The van der Waals surface area contributed by atoms with Crippen LogP contribution in [-0.2, 0) is 6.42 Å². The van der Waals surface area contributed by atoms with Crippen molar-refractivity contribution < 1.29 is 13.6 Å². The first kappa shape index (κ1) is 12.9. The second-order valence-corrected chi connectivity index (χ2v) is 4.71. The molecule has 18 heavy (non-hydrogen) atoms.